The number of hydrogen-bond acceptors (Lipinski definition) is 6. The molecular formula is C72H54N6O6. The number of carbonyl (C=O) groups is 6. The van der Waals surface area contributed by atoms with Crippen LogP contribution < -0.4 is 29.4 Å². The van der Waals surface area contributed by atoms with Crippen molar-refractivity contribution in [3.05, 3.63) is 322 Å². The lowest BCUT2D eigenvalue weighted by Crippen LogP contribution is -2.34. The zero-order chi connectivity index (χ0) is 57.3. The Morgan fingerprint density at radius 2 is 0.321 bits per heavy atom. The topological polar surface area (TPSA) is 122 Å². The van der Waals surface area contributed by atoms with E-state index in [-0.39, 0.29) is 89.7 Å². The lowest BCUT2D eigenvalue weighted by molar-refractivity contribution is 0.0969. The summed E-state index contributed by atoms with van der Waals surface area (Å²) >= 11 is 0. The molecule has 14 rings (SSSR count). The smallest absolute Gasteiger partial charge is 0.258 e. The van der Waals surface area contributed by atoms with Gasteiger partial charge >= 0.3 is 0 Å². The van der Waals surface area contributed by atoms with Crippen molar-refractivity contribution in [2.75, 3.05) is 29.4 Å². The van der Waals surface area contributed by atoms with E-state index in [1.165, 1.54) is 32.9 Å². The summed E-state index contributed by atoms with van der Waals surface area (Å²) < 4.78 is 0. The fourth-order valence-corrected chi connectivity index (χ4v) is 11.3. The summed E-state index contributed by atoms with van der Waals surface area (Å²) in [5.74, 6) is -3.31. The fourth-order valence-electron chi connectivity index (χ4n) is 11.3. The van der Waals surface area contributed by atoms with Crippen LogP contribution >= 0.6 is 0 Å². The largest absolute Gasteiger partial charge is 0.304 e. The number of carbonyl (C=O) groups excluding carboxylic acids is 6. The third-order valence-corrected chi connectivity index (χ3v) is 15.6. The van der Waals surface area contributed by atoms with Crippen molar-refractivity contribution >= 4 is 69.6 Å². The van der Waals surface area contributed by atoms with E-state index < -0.39 is 35.4 Å². The Bertz CT molecular complexity index is 3740. The van der Waals surface area contributed by atoms with E-state index in [1.807, 2.05) is 182 Å². The Balaban J connectivity index is 1.20. The molecule has 84 heavy (non-hydrogen) atoms. The van der Waals surface area contributed by atoms with Gasteiger partial charge in [-0.05, 0) is 106 Å². The first-order valence-corrected chi connectivity index (χ1v) is 27.8. The minimum Gasteiger partial charge on any atom is -0.304 e. The first-order valence-electron chi connectivity index (χ1n) is 27.8. The second-order valence-electron chi connectivity index (χ2n) is 21.3. The van der Waals surface area contributed by atoms with Crippen LogP contribution in [0.2, 0.25) is 0 Å². The molecule has 0 spiro atoms. The quantitative estimate of drug-likeness (QED) is 0.120. The third kappa shape index (κ3) is 10.6. The van der Waals surface area contributed by atoms with Crippen molar-refractivity contribution in [1.29, 1.82) is 0 Å². The molecule has 12 heteroatoms. The predicted molar refractivity (Wildman–Crippen MR) is 328 cm³/mol. The van der Waals surface area contributed by atoms with E-state index in [4.69, 9.17) is 0 Å². The maximum Gasteiger partial charge on any atom is 0.258 e. The molecule has 12 bridgehead atoms. The Hall–Kier alpha value is -11.0. The maximum absolute atomic E-state index is 16.4. The van der Waals surface area contributed by atoms with Crippen molar-refractivity contribution < 1.29 is 28.8 Å². The molecule has 0 aromatic heterocycles. The molecule has 0 saturated carbocycles. The zero-order valence-corrected chi connectivity index (χ0v) is 45.6. The van der Waals surface area contributed by atoms with Gasteiger partial charge in [0.1, 0.15) is 0 Å². The average Bonchev–Trinajstić information content (AvgIpc) is 3.23. The van der Waals surface area contributed by atoms with Gasteiger partial charge in [0.05, 0.1) is 39.3 Å². The van der Waals surface area contributed by atoms with Gasteiger partial charge in [-0.2, -0.15) is 0 Å². The number of benzene rings is 10. The molecule has 12 nitrogen and oxygen atoms in total. The maximum atomic E-state index is 16.4. The number of rotatable bonds is 12. The minimum atomic E-state index is -0.583. The van der Waals surface area contributed by atoms with Gasteiger partial charge in [0.25, 0.3) is 35.4 Å². The summed E-state index contributed by atoms with van der Waals surface area (Å²) in [4.78, 5) is 107. The van der Waals surface area contributed by atoms with Gasteiger partial charge in [0.15, 0.2) is 0 Å². The van der Waals surface area contributed by atoms with Crippen molar-refractivity contribution in [1.82, 2.24) is 0 Å². The van der Waals surface area contributed by atoms with Crippen LogP contribution in [-0.4, -0.2) is 35.4 Å². The van der Waals surface area contributed by atoms with Gasteiger partial charge in [-0.15, -0.1) is 0 Å². The van der Waals surface area contributed by atoms with Crippen LogP contribution in [0.25, 0.3) is 0 Å². The summed E-state index contributed by atoms with van der Waals surface area (Å²) in [6.07, 6.45) is 0. The van der Waals surface area contributed by atoms with Crippen LogP contribution in [0.1, 0.15) is 95.5 Å². The van der Waals surface area contributed by atoms with Crippen LogP contribution in [0.4, 0.5) is 34.1 Å². The van der Waals surface area contributed by atoms with Gasteiger partial charge in [-0.1, -0.05) is 182 Å². The van der Waals surface area contributed by atoms with E-state index in [1.54, 1.807) is 69.3 Å². The van der Waals surface area contributed by atoms with E-state index in [0.29, 0.717) is 17.1 Å². The number of nitrogens with zero attached hydrogens (tertiary/aromatic N) is 6. The molecule has 6 amide bonds. The normalized spacial score (nSPS) is 14.0. The molecule has 0 N–H and O–H groups in total. The van der Waals surface area contributed by atoms with E-state index in [9.17, 15) is 0 Å². The van der Waals surface area contributed by atoms with E-state index >= 15 is 28.8 Å². The van der Waals surface area contributed by atoms with Crippen molar-refractivity contribution in [2.24, 2.45) is 0 Å². The highest BCUT2D eigenvalue weighted by Crippen LogP contribution is 2.39. The predicted octanol–water partition coefficient (Wildman–Crippen LogP) is 13.7. The van der Waals surface area contributed by atoms with Crippen LogP contribution in [0.15, 0.2) is 255 Å². The first kappa shape index (κ1) is 52.4. The fraction of sp³-hybridized carbons (Fsp3) is 0.0833. The third-order valence-electron chi connectivity index (χ3n) is 15.6. The number of amides is 6. The lowest BCUT2D eigenvalue weighted by Gasteiger charge is -2.30. The monoisotopic (exact) mass is 1100 g/mol. The molecule has 4 aliphatic rings. The molecule has 10 aromatic carbocycles. The molecule has 4 heterocycles. The summed E-state index contributed by atoms with van der Waals surface area (Å²) in [6.45, 7) is -0.0533. The van der Waals surface area contributed by atoms with Crippen molar-refractivity contribution in [2.45, 2.75) is 39.3 Å². The minimum absolute atomic E-state index is 0.00360. The lowest BCUT2D eigenvalue weighted by atomic mass is 10.0. The summed E-state index contributed by atoms with van der Waals surface area (Å²) in [5, 5.41) is 0. The van der Waals surface area contributed by atoms with Crippen molar-refractivity contribution in [3.8, 4) is 0 Å². The Morgan fingerprint density at radius 3 is 0.476 bits per heavy atom. The second kappa shape index (κ2) is 22.5. The highest BCUT2D eigenvalue weighted by Gasteiger charge is 2.35. The molecule has 0 radical (unpaired) electrons. The molecule has 0 atom stereocenters. The summed E-state index contributed by atoms with van der Waals surface area (Å²) in [6, 6.07) is 76.5. The Kier molecular flexibility index (Phi) is 14.0. The Morgan fingerprint density at radius 1 is 0.179 bits per heavy atom. The second-order valence-corrected chi connectivity index (χ2v) is 21.3. The van der Waals surface area contributed by atoms with Crippen LogP contribution in [0.5, 0.6) is 0 Å². The van der Waals surface area contributed by atoms with Gasteiger partial charge in [-0.25, -0.2) is 0 Å². The first-order chi connectivity index (χ1) is 41.1. The van der Waals surface area contributed by atoms with E-state index in [0.717, 1.165) is 33.4 Å². The highest BCUT2D eigenvalue weighted by atomic mass is 16.2. The molecule has 0 unspecified atom stereocenters. The molecule has 408 valence electrons. The van der Waals surface area contributed by atoms with Crippen molar-refractivity contribution in [3.63, 3.8) is 0 Å². The van der Waals surface area contributed by atoms with Gasteiger partial charge in [0, 0.05) is 67.5 Å². The number of hydrogen-bond donors (Lipinski definition) is 0. The summed E-state index contributed by atoms with van der Waals surface area (Å²) in [7, 11) is 0. The van der Waals surface area contributed by atoms with Crippen LogP contribution in [-0.2, 0) is 39.3 Å². The van der Waals surface area contributed by atoms with Crippen LogP contribution in [0.3, 0.4) is 0 Å². The van der Waals surface area contributed by atoms with Crippen LogP contribution in [0, 0.1) is 0 Å². The van der Waals surface area contributed by atoms with Gasteiger partial charge in [-0.3, -0.25) is 28.8 Å². The standard InChI is InChI=1S/C72H54N6O6/c79-67-55-31-56-33-57(32-55)69(81)75(45-51-23-11-3-12-24-51)63-36-60-39-65(41-63)77(47-53-27-15-5-16-28-53)70(82)58-34-61(73(67)43-49-19-7-1-8-20-49)40-64(37-58)76(46-52-25-13-4-14-26-52)71(83)59-35-62(74(68(56)80)44-50-21-9-2-10-22-50)42-66(38-59)78(72(60)84)48-54-29-17-6-18-30-54/h1-42H,43-48H2. The molecule has 0 saturated heterocycles. The Labute approximate surface area is 486 Å². The zero-order valence-electron chi connectivity index (χ0n) is 45.6. The van der Waals surface area contributed by atoms with Gasteiger partial charge < -0.3 is 29.4 Å². The number of fused-ring (bicyclic) bond motifs is 6. The SMILES string of the molecule is O=C1c2cc3cc(c2)C(=O)N(Cc2ccccc2)c2cc4cc(c2)N(Cc2ccccc2)C(=O)c2cc(cc(c2)N(Cc2ccccc2)C(=O)c2cc(cc(c2)N(Cc2ccccc2)C4=O)N1Cc1ccccc1)N(Cc1ccccc1)C3=O. The van der Waals surface area contributed by atoms with Gasteiger partial charge in [0.2, 0.25) is 0 Å². The molecule has 0 fully saturated rings. The van der Waals surface area contributed by atoms with E-state index in [2.05, 4.69) is 0 Å². The highest BCUT2D eigenvalue weighted by molar-refractivity contribution is 6.18. The molecule has 4 aliphatic heterocycles. The molecular weight excluding hydrogens is 1040 g/mol. The summed E-state index contributed by atoms with van der Waals surface area (Å²) in [5.41, 5.74) is 6.58. The molecule has 10 aromatic rings. The number of anilines is 6. The average molecular weight is 1100 g/mol. The molecule has 0 aliphatic carbocycles.